The fourth-order valence-electron chi connectivity index (χ4n) is 7.76. The number of nitrogens with zero attached hydrogens (tertiary/aromatic N) is 2. The molecule has 8 N–H and O–H groups in total. The number of halogens is 3. The predicted molar refractivity (Wildman–Crippen MR) is 283 cm³/mol. The van der Waals surface area contributed by atoms with Gasteiger partial charge in [-0.05, 0) is 156 Å². The molecule has 8 bridgehead atoms. The van der Waals surface area contributed by atoms with Gasteiger partial charge in [-0.1, -0.05) is 83.3 Å². The number of aldehydes is 1. The summed E-state index contributed by atoms with van der Waals surface area (Å²) in [6, 6.07) is 46.3. The van der Waals surface area contributed by atoms with Crippen LogP contribution in [0.25, 0.3) is 90.9 Å². The second-order valence-corrected chi connectivity index (χ2v) is 17.5. The summed E-state index contributed by atoms with van der Waals surface area (Å²) >= 11 is 14.4. The van der Waals surface area contributed by atoms with Crippen molar-refractivity contribution in [3.8, 4) is 73.3 Å². The summed E-state index contributed by atoms with van der Waals surface area (Å²) in [6.07, 6.45) is 12.4. The summed E-state index contributed by atoms with van der Waals surface area (Å²) in [5, 5.41) is 49.4. The van der Waals surface area contributed by atoms with E-state index in [4.69, 9.17) is 49.9 Å². The van der Waals surface area contributed by atoms with Gasteiger partial charge in [0, 0.05) is 62.3 Å². The van der Waals surface area contributed by atoms with E-state index in [-0.39, 0.29) is 28.7 Å². The van der Waals surface area contributed by atoms with E-state index in [1.54, 1.807) is 60.7 Å². The van der Waals surface area contributed by atoms with Crippen LogP contribution >= 0.6 is 34.8 Å². The van der Waals surface area contributed by atoms with E-state index in [0.29, 0.717) is 5.56 Å². The predicted octanol–water partition coefficient (Wildman–Crippen LogP) is 14.4. The molecule has 348 valence electrons. The van der Waals surface area contributed by atoms with Gasteiger partial charge in [0.2, 0.25) is 0 Å². The molecule has 0 radical (unpaired) electrons. The molecule has 5 aromatic carbocycles. The van der Waals surface area contributed by atoms with Crippen molar-refractivity contribution in [1.29, 1.82) is 0 Å². The highest BCUT2D eigenvalue weighted by Crippen LogP contribution is 2.39. The van der Waals surface area contributed by atoms with Gasteiger partial charge < -0.3 is 40.5 Å². The molecular weight excluding hydrogens is 945 g/mol. The number of nitrogens with one attached hydrogen (secondary N) is 3. The Labute approximate surface area is 416 Å². The van der Waals surface area contributed by atoms with E-state index < -0.39 is 4.30 Å². The van der Waals surface area contributed by atoms with Crippen molar-refractivity contribution < 1.29 is 30.3 Å². The van der Waals surface area contributed by atoms with Crippen LogP contribution in [0.2, 0.25) is 0 Å². The summed E-state index contributed by atoms with van der Waals surface area (Å²) in [5.74, 6) is 0.833. The Morgan fingerprint density at radius 2 is 0.629 bits per heavy atom. The first-order valence-corrected chi connectivity index (χ1v) is 22.8. The molecule has 0 unspecified atom stereocenters. The molecule has 11 nitrogen and oxygen atoms in total. The minimum atomic E-state index is -0.750. The zero-order chi connectivity index (χ0) is 49.1. The molecule has 4 aromatic heterocycles. The lowest BCUT2D eigenvalue weighted by Crippen LogP contribution is -1.89. The highest BCUT2D eigenvalue weighted by atomic mass is 35.6. The van der Waals surface area contributed by atoms with Crippen LogP contribution in [0.5, 0.6) is 28.7 Å². The molecule has 9 aromatic rings. The van der Waals surface area contributed by atoms with Crippen molar-refractivity contribution in [2.75, 3.05) is 0 Å². The molecule has 70 heavy (non-hydrogen) atoms. The quantitative estimate of drug-likeness (QED) is 0.0617. The molecule has 11 rings (SSSR count). The first kappa shape index (κ1) is 48.0. The number of phenolic OH excluding ortho intramolecular Hbond substituents is 5. The van der Waals surface area contributed by atoms with Crippen LogP contribution in [0.4, 0.5) is 0 Å². The topological polar surface area (TPSA) is 191 Å². The number of aromatic amines is 3. The van der Waals surface area contributed by atoms with Gasteiger partial charge in [0.1, 0.15) is 35.0 Å². The molecule has 0 saturated heterocycles. The van der Waals surface area contributed by atoms with Crippen molar-refractivity contribution >= 4 is 87.5 Å². The fourth-order valence-corrected chi connectivity index (χ4v) is 7.76. The lowest BCUT2D eigenvalue weighted by atomic mass is 10.0. The van der Waals surface area contributed by atoms with Crippen molar-refractivity contribution in [2.24, 2.45) is 0 Å². The maximum absolute atomic E-state index is 10.2. The third-order valence-corrected chi connectivity index (χ3v) is 10.9. The normalized spacial score (nSPS) is 11.1. The zero-order valence-corrected chi connectivity index (χ0v) is 39.1. The van der Waals surface area contributed by atoms with Gasteiger partial charge >= 0.3 is 0 Å². The first-order chi connectivity index (χ1) is 33.9. The van der Waals surface area contributed by atoms with Crippen LogP contribution in [0, 0.1) is 0 Å². The molecule has 0 aliphatic carbocycles. The average molecular weight is 987 g/mol. The number of aromatic nitrogens is 5. The number of benzene rings is 5. The largest absolute Gasteiger partial charge is 0.508 e. The Kier molecular flexibility index (Phi) is 15.1. The summed E-state index contributed by atoms with van der Waals surface area (Å²) in [5.41, 5.74) is 13.5. The number of phenols is 5. The number of carbonyl (C=O) groups is 1. The van der Waals surface area contributed by atoms with E-state index in [2.05, 4.69) is 15.0 Å². The van der Waals surface area contributed by atoms with Gasteiger partial charge in [0.15, 0.2) is 4.30 Å². The Morgan fingerprint density at radius 1 is 0.386 bits per heavy atom. The van der Waals surface area contributed by atoms with Gasteiger partial charge in [-0.3, -0.25) is 4.79 Å². The van der Waals surface area contributed by atoms with E-state index in [9.17, 15) is 25.2 Å². The first-order valence-electron chi connectivity index (χ1n) is 21.5. The number of carbonyl (C=O) groups excluding carboxylic acids is 1. The third kappa shape index (κ3) is 11.6. The standard InChI is InChI=1S/C44H30N4O4.C7H6O2.C4H5N.CHCl3/c49-29-9-1-25(2-10-29)41-33-17-19-35(45-33)42(26-3-11-30(50)12-4-26)37-21-23-39(47-37)44(28-7-15-32(52)16-8-28)40-24-22-38(48-40)43(36-20-18-34(41)46-36)27-5-13-31(51)14-6-27;8-5-6-1-3-7(9)4-2-6;1-2-4-5-3-1;2-1(3)4/h1-24,45,48-52H;1-5,9H;1-5H;1H. The summed E-state index contributed by atoms with van der Waals surface area (Å²) < 4.78 is -0.750. The number of rotatable bonds is 5. The number of hydrogen-bond acceptors (Lipinski definition) is 8. The van der Waals surface area contributed by atoms with Gasteiger partial charge in [0.25, 0.3) is 0 Å². The minimum absolute atomic E-state index is 0.163. The smallest absolute Gasteiger partial charge is 0.180 e. The van der Waals surface area contributed by atoms with Gasteiger partial charge in [-0.2, -0.15) is 0 Å². The van der Waals surface area contributed by atoms with Crippen LogP contribution in [-0.4, -0.2) is 61.0 Å². The Balaban J connectivity index is 0.000000308. The van der Waals surface area contributed by atoms with Crippen LogP contribution < -0.4 is 0 Å². The molecular formula is C56H42Cl3N5O6. The maximum atomic E-state index is 10.2. The zero-order valence-electron chi connectivity index (χ0n) is 36.8. The Bertz CT molecular complexity index is 3070. The molecule has 14 heteroatoms. The molecule has 0 fully saturated rings. The Hall–Kier alpha value is -8.48. The van der Waals surface area contributed by atoms with Crippen molar-refractivity contribution in [3.05, 3.63) is 198 Å². The van der Waals surface area contributed by atoms with E-state index in [1.807, 2.05) is 122 Å². The monoisotopic (exact) mass is 985 g/mol. The van der Waals surface area contributed by atoms with Gasteiger partial charge in [-0.25, -0.2) is 9.97 Å². The summed E-state index contributed by atoms with van der Waals surface area (Å²) in [6.45, 7) is 0. The van der Waals surface area contributed by atoms with Crippen molar-refractivity contribution in [2.45, 2.75) is 4.30 Å². The molecule has 0 spiro atoms. The molecule has 2 aliphatic heterocycles. The highest BCUT2D eigenvalue weighted by molar-refractivity contribution is 6.63. The van der Waals surface area contributed by atoms with Crippen molar-refractivity contribution in [3.63, 3.8) is 0 Å². The number of fused-ring (bicyclic) bond motifs is 8. The summed E-state index contributed by atoms with van der Waals surface area (Å²) in [7, 11) is 0. The van der Waals surface area contributed by atoms with Crippen molar-refractivity contribution in [1.82, 2.24) is 24.9 Å². The molecule has 0 saturated carbocycles. The summed E-state index contributed by atoms with van der Waals surface area (Å²) in [4.78, 5) is 30.7. The number of alkyl halides is 3. The molecule has 2 aliphatic rings. The number of H-pyrrole nitrogens is 3. The van der Waals surface area contributed by atoms with Crippen LogP contribution in [0.3, 0.4) is 0 Å². The fraction of sp³-hybridized carbons (Fsp3) is 0.0179. The molecule has 0 amide bonds. The highest BCUT2D eigenvalue weighted by Gasteiger charge is 2.19. The molecule has 6 heterocycles. The lowest BCUT2D eigenvalue weighted by Gasteiger charge is -2.07. The van der Waals surface area contributed by atoms with Crippen LogP contribution in [0.15, 0.2) is 170 Å². The van der Waals surface area contributed by atoms with E-state index in [1.165, 1.54) is 12.1 Å². The second-order valence-electron chi connectivity index (χ2n) is 15.5. The third-order valence-electron chi connectivity index (χ3n) is 10.9. The van der Waals surface area contributed by atoms with E-state index in [0.717, 1.165) is 95.6 Å². The van der Waals surface area contributed by atoms with Crippen LogP contribution in [0.1, 0.15) is 33.1 Å². The minimum Gasteiger partial charge on any atom is -0.508 e. The number of aromatic hydroxyl groups is 5. The van der Waals surface area contributed by atoms with Gasteiger partial charge in [-0.15, -0.1) is 0 Å². The Morgan fingerprint density at radius 3 is 0.843 bits per heavy atom. The maximum Gasteiger partial charge on any atom is 0.180 e. The molecule has 0 atom stereocenters. The van der Waals surface area contributed by atoms with Crippen LogP contribution in [-0.2, 0) is 0 Å². The van der Waals surface area contributed by atoms with Gasteiger partial charge in [0.05, 0.1) is 22.8 Å². The van der Waals surface area contributed by atoms with E-state index >= 15 is 0 Å². The average Bonchev–Trinajstić information content (AvgIpc) is 4.23. The number of hydrogen-bond donors (Lipinski definition) is 8. The SMILES string of the molecule is ClC(Cl)Cl.O=Cc1ccc(O)cc1.Oc1ccc(-c2c3nc(c(-c4ccc(O)cc4)c4ccc([nH]4)c(-c4ccc(O)cc4)c4nc(c(-c5ccc(O)cc5)c5ccc2[nH]5)C=C4)C=C3)cc1.c1cc[nH]c1. The lowest BCUT2D eigenvalue weighted by molar-refractivity contribution is 0.112. The second kappa shape index (κ2) is 22.1.